The first-order valence-corrected chi connectivity index (χ1v) is 11.0. The number of morpholine rings is 1. The quantitative estimate of drug-likeness (QED) is 0.647. The van der Waals surface area contributed by atoms with Crippen molar-refractivity contribution in [1.82, 2.24) is 10.2 Å². The molecule has 1 heterocycles. The molecule has 0 saturated carbocycles. The lowest BCUT2D eigenvalue weighted by atomic mass is 10.1. The van der Waals surface area contributed by atoms with Gasteiger partial charge in [0.25, 0.3) is 0 Å². The fourth-order valence-corrected chi connectivity index (χ4v) is 4.26. The zero-order chi connectivity index (χ0) is 19.8. The molecule has 0 radical (unpaired) electrons. The number of hydrogen-bond donors (Lipinski definition) is 1. The van der Waals surface area contributed by atoms with Gasteiger partial charge in [-0.25, -0.2) is 0 Å². The molecule has 1 saturated heterocycles. The van der Waals surface area contributed by atoms with E-state index in [4.69, 9.17) is 16.3 Å². The number of carbonyl (C=O) groups is 1. The van der Waals surface area contributed by atoms with E-state index in [1.807, 2.05) is 31.2 Å². The highest BCUT2D eigenvalue weighted by Gasteiger charge is 2.18. The summed E-state index contributed by atoms with van der Waals surface area (Å²) in [5.41, 5.74) is 2.40. The normalized spacial score (nSPS) is 15.9. The van der Waals surface area contributed by atoms with Crippen molar-refractivity contribution in [3.05, 3.63) is 64.7 Å². The van der Waals surface area contributed by atoms with Crippen LogP contribution in [-0.2, 0) is 22.6 Å². The van der Waals surface area contributed by atoms with E-state index < -0.39 is 0 Å². The van der Waals surface area contributed by atoms with E-state index in [2.05, 4.69) is 34.5 Å². The second-order valence-corrected chi connectivity index (χ2v) is 8.61. The number of nitrogens with zero attached hydrogens (tertiary/aromatic N) is 1. The fraction of sp³-hybridized carbons (Fsp3) is 0.409. The first-order chi connectivity index (χ1) is 13.6. The average Bonchev–Trinajstić information content (AvgIpc) is 2.72. The summed E-state index contributed by atoms with van der Waals surface area (Å²) in [5.74, 6) is 0.0704. The van der Waals surface area contributed by atoms with Crippen LogP contribution >= 0.6 is 23.4 Å². The highest BCUT2D eigenvalue weighted by Crippen LogP contribution is 2.26. The van der Waals surface area contributed by atoms with Gasteiger partial charge in [0.1, 0.15) is 0 Å². The van der Waals surface area contributed by atoms with Crippen molar-refractivity contribution in [3.8, 4) is 0 Å². The third-order valence-corrected chi connectivity index (χ3v) is 6.35. The van der Waals surface area contributed by atoms with Crippen LogP contribution in [0.4, 0.5) is 0 Å². The van der Waals surface area contributed by atoms with Gasteiger partial charge in [-0.2, -0.15) is 0 Å². The topological polar surface area (TPSA) is 41.6 Å². The second kappa shape index (κ2) is 10.9. The molecule has 0 spiro atoms. The van der Waals surface area contributed by atoms with Gasteiger partial charge in [-0.3, -0.25) is 9.69 Å². The monoisotopic (exact) mass is 418 g/mol. The van der Waals surface area contributed by atoms with Crippen LogP contribution in [0.25, 0.3) is 0 Å². The Labute approximate surface area is 176 Å². The van der Waals surface area contributed by atoms with E-state index in [0.717, 1.165) is 49.7 Å². The van der Waals surface area contributed by atoms with Crippen LogP contribution in [0.1, 0.15) is 24.5 Å². The van der Waals surface area contributed by atoms with Gasteiger partial charge in [0.15, 0.2) is 0 Å². The van der Waals surface area contributed by atoms with Crippen molar-refractivity contribution >= 4 is 29.3 Å². The van der Waals surface area contributed by atoms with Gasteiger partial charge in [-0.05, 0) is 41.8 Å². The Balaban J connectivity index is 1.52. The summed E-state index contributed by atoms with van der Waals surface area (Å²) in [5, 5.41) is 3.69. The van der Waals surface area contributed by atoms with E-state index in [0.29, 0.717) is 11.6 Å². The molecule has 1 atom stereocenters. The second-order valence-electron chi connectivity index (χ2n) is 6.89. The number of amides is 1. The number of benzene rings is 2. The van der Waals surface area contributed by atoms with Gasteiger partial charge in [0.05, 0.1) is 18.5 Å². The van der Waals surface area contributed by atoms with Gasteiger partial charge >= 0.3 is 0 Å². The summed E-state index contributed by atoms with van der Waals surface area (Å²) in [4.78, 5) is 16.1. The maximum Gasteiger partial charge on any atom is 0.233 e. The molecule has 150 valence electrons. The third kappa shape index (κ3) is 6.52. The van der Waals surface area contributed by atoms with Crippen LogP contribution in [0.5, 0.6) is 0 Å². The minimum atomic E-state index is -0.113. The number of carbonyl (C=O) groups excluding carboxylic acids is 1. The molecule has 4 nitrogen and oxygen atoms in total. The molecule has 0 unspecified atom stereocenters. The maximum absolute atomic E-state index is 12.6. The lowest BCUT2D eigenvalue weighted by molar-refractivity contribution is -0.120. The molecule has 0 aliphatic carbocycles. The summed E-state index contributed by atoms with van der Waals surface area (Å²) in [6, 6.07) is 16.1. The van der Waals surface area contributed by atoms with Crippen molar-refractivity contribution in [2.45, 2.75) is 36.6 Å². The molecule has 1 N–H and O–H groups in total. The van der Waals surface area contributed by atoms with E-state index in [1.54, 1.807) is 11.8 Å². The van der Waals surface area contributed by atoms with Gasteiger partial charge in [-0.15, -0.1) is 11.8 Å². The molecule has 3 rings (SSSR count). The molecule has 0 bridgehead atoms. The summed E-state index contributed by atoms with van der Waals surface area (Å²) in [6.07, 6.45) is 0.774. The highest BCUT2D eigenvalue weighted by atomic mass is 35.5. The molecule has 0 aromatic heterocycles. The SMILES string of the molecule is CC[C@@H](Sc1ccc(Cl)cc1)C(=O)NCc1cccc(CN2CCOCC2)c1. The first kappa shape index (κ1) is 21.2. The van der Waals surface area contributed by atoms with Crippen molar-refractivity contribution in [1.29, 1.82) is 0 Å². The number of halogens is 1. The Kier molecular flexibility index (Phi) is 8.22. The van der Waals surface area contributed by atoms with Crippen LogP contribution < -0.4 is 5.32 Å². The maximum atomic E-state index is 12.6. The minimum absolute atomic E-state index is 0.0704. The van der Waals surface area contributed by atoms with Gasteiger partial charge in [0, 0.05) is 36.1 Å². The van der Waals surface area contributed by atoms with Gasteiger partial charge in [-0.1, -0.05) is 42.8 Å². The van der Waals surface area contributed by atoms with Gasteiger partial charge < -0.3 is 10.1 Å². The summed E-state index contributed by atoms with van der Waals surface area (Å²) in [6.45, 7) is 7.07. The van der Waals surface area contributed by atoms with E-state index in [9.17, 15) is 4.79 Å². The lowest BCUT2D eigenvalue weighted by Gasteiger charge is -2.26. The molecular formula is C22H27ClN2O2S. The number of nitrogens with one attached hydrogen (secondary N) is 1. The predicted octanol–water partition coefficient (Wildman–Crippen LogP) is 4.36. The van der Waals surface area contributed by atoms with E-state index >= 15 is 0 Å². The molecule has 2 aromatic rings. The lowest BCUT2D eigenvalue weighted by Crippen LogP contribution is -2.35. The van der Waals surface area contributed by atoms with Crippen LogP contribution in [0, 0.1) is 0 Å². The van der Waals surface area contributed by atoms with Crippen molar-refractivity contribution in [2.24, 2.45) is 0 Å². The Morgan fingerprint density at radius 1 is 1.18 bits per heavy atom. The van der Waals surface area contributed by atoms with Crippen LogP contribution in [-0.4, -0.2) is 42.4 Å². The molecule has 1 fully saturated rings. The zero-order valence-corrected chi connectivity index (χ0v) is 17.8. The van der Waals surface area contributed by atoms with Crippen LogP contribution in [0.15, 0.2) is 53.4 Å². The molecule has 1 aliphatic rings. The Bertz CT molecular complexity index is 763. The largest absolute Gasteiger partial charge is 0.379 e. The Morgan fingerprint density at radius 2 is 1.89 bits per heavy atom. The zero-order valence-electron chi connectivity index (χ0n) is 16.2. The van der Waals surface area contributed by atoms with E-state index in [1.165, 1.54) is 5.56 Å². The minimum Gasteiger partial charge on any atom is -0.379 e. The molecule has 6 heteroatoms. The average molecular weight is 419 g/mol. The summed E-state index contributed by atoms with van der Waals surface area (Å²) < 4.78 is 5.41. The molecule has 1 aliphatic heterocycles. The number of ether oxygens (including phenoxy) is 1. The fourth-order valence-electron chi connectivity index (χ4n) is 3.16. The molecule has 2 aromatic carbocycles. The van der Waals surface area contributed by atoms with Crippen molar-refractivity contribution < 1.29 is 9.53 Å². The van der Waals surface area contributed by atoms with Crippen LogP contribution in [0.3, 0.4) is 0 Å². The number of hydrogen-bond acceptors (Lipinski definition) is 4. The van der Waals surface area contributed by atoms with E-state index in [-0.39, 0.29) is 11.2 Å². The Morgan fingerprint density at radius 3 is 2.61 bits per heavy atom. The smallest absolute Gasteiger partial charge is 0.233 e. The molecule has 28 heavy (non-hydrogen) atoms. The molecule has 1 amide bonds. The number of rotatable bonds is 8. The Hall–Kier alpha value is -1.53. The van der Waals surface area contributed by atoms with Crippen molar-refractivity contribution in [2.75, 3.05) is 26.3 Å². The summed E-state index contributed by atoms with van der Waals surface area (Å²) in [7, 11) is 0. The number of thioether (sulfide) groups is 1. The predicted molar refractivity (Wildman–Crippen MR) is 116 cm³/mol. The van der Waals surface area contributed by atoms with Gasteiger partial charge in [0.2, 0.25) is 5.91 Å². The van der Waals surface area contributed by atoms with Crippen LogP contribution in [0.2, 0.25) is 5.02 Å². The third-order valence-electron chi connectivity index (χ3n) is 4.72. The van der Waals surface area contributed by atoms with Crippen molar-refractivity contribution in [3.63, 3.8) is 0 Å². The standard InChI is InChI=1S/C22H27ClN2O2S/c1-2-21(28-20-8-6-19(23)7-9-20)22(26)24-15-17-4-3-5-18(14-17)16-25-10-12-27-13-11-25/h3-9,14,21H,2,10-13,15-16H2,1H3,(H,24,26)/t21-/m1/s1. The first-order valence-electron chi connectivity index (χ1n) is 9.72. The molecular weight excluding hydrogens is 392 g/mol. The summed E-state index contributed by atoms with van der Waals surface area (Å²) >= 11 is 7.52. The highest BCUT2D eigenvalue weighted by molar-refractivity contribution is 8.00.